The minimum absolute atomic E-state index is 0. The molecule has 2 nitrogen and oxygen atoms in total. The molecule has 0 aromatic rings. The third kappa shape index (κ3) is 8.88. The van der Waals surface area contributed by atoms with Crippen LogP contribution in [0.5, 0.6) is 0 Å². The van der Waals surface area contributed by atoms with Crippen LogP contribution in [-0.4, -0.2) is 29.0 Å². The fourth-order valence-electron chi connectivity index (χ4n) is 0. The molecule has 0 heterocycles. The van der Waals surface area contributed by atoms with Crippen molar-refractivity contribution >= 4 is 52.0 Å². The third-order valence-corrected chi connectivity index (χ3v) is 0.729. The molecule has 0 amide bonds. The molecule has 0 fully saturated rings. The minimum Gasteiger partial charge on any atom is -1.00 e. The van der Waals surface area contributed by atoms with Crippen LogP contribution >= 0.6 is 23.0 Å². The second-order valence-corrected chi connectivity index (χ2v) is 1.01. The van der Waals surface area contributed by atoms with Gasteiger partial charge in [-0.2, -0.15) is 0 Å². The Bertz CT molecular complexity index is 53.3. The molecule has 0 radical (unpaired) electrons. The van der Waals surface area contributed by atoms with Gasteiger partial charge in [-0.05, 0) is 0 Å². The van der Waals surface area contributed by atoms with Crippen LogP contribution in [0, 0.1) is 0 Å². The van der Waals surface area contributed by atoms with Crippen LogP contribution in [-0.2, 0) is 7.86 Å². The summed E-state index contributed by atoms with van der Waals surface area (Å²) in [5, 5.41) is 0. The van der Waals surface area contributed by atoms with Crippen molar-refractivity contribution in [1.82, 2.24) is 0 Å². The topological polar surface area (TPSA) is 26.3 Å². The molecule has 0 rings (SSSR count). The summed E-state index contributed by atoms with van der Waals surface area (Å²) >= 11 is 1.53. The Balaban J connectivity index is -0.0000000267. The number of halogens is 1. The Labute approximate surface area is 69.4 Å². The minimum atomic E-state index is -0.259. The molecule has 0 N–H and O–H groups in total. The fraction of sp³-hybridized carbons (Fsp3) is 0.500. The maximum atomic E-state index is 9.58. The van der Waals surface area contributed by atoms with E-state index in [4.69, 9.17) is 0 Å². The maximum Gasteiger partial charge on any atom is 2.00 e. The second kappa shape index (κ2) is 5.97. The molecule has 0 aromatic carbocycles. The molecule has 0 spiro atoms. The van der Waals surface area contributed by atoms with Crippen LogP contribution in [0.3, 0.4) is 0 Å². The zero-order valence-corrected chi connectivity index (χ0v) is 6.97. The normalized spacial score (nSPS) is 5.67. The van der Waals surface area contributed by atoms with Crippen LogP contribution in [0.15, 0.2) is 0 Å². The van der Waals surface area contributed by atoms with E-state index in [1.807, 2.05) is 0 Å². The molecule has 0 unspecified atom stereocenters. The third-order valence-electron chi connectivity index (χ3n) is 0.109. The van der Waals surface area contributed by atoms with Crippen LogP contribution in [0.4, 0.5) is 0 Å². The van der Waals surface area contributed by atoms with Crippen LogP contribution in [0.1, 0.15) is 9.78 Å². The molecular weight excluding hydrogens is 207 g/mol. The summed E-state index contributed by atoms with van der Waals surface area (Å²) in [6, 6.07) is 0. The van der Waals surface area contributed by atoms with E-state index in [0.29, 0.717) is 0 Å². The molecule has 0 atom stereocenters. The number of hydrogen-bond donors (Lipinski definition) is 0. The van der Waals surface area contributed by atoms with Gasteiger partial charge in [0.25, 0.3) is 0 Å². The number of carbonyl (C=O) groups is 1. The van der Waals surface area contributed by atoms with E-state index in [1.54, 1.807) is 0 Å². The van der Waals surface area contributed by atoms with E-state index in [0.717, 1.165) is 0 Å². The van der Waals surface area contributed by atoms with Crippen molar-refractivity contribution in [3.8, 4) is 0 Å². The van der Waals surface area contributed by atoms with Crippen LogP contribution < -0.4 is 0 Å². The summed E-state index contributed by atoms with van der Waals surface area (Å²) in [5.74, 6) is -0.259. The number of rotatable bonds is 0. The van der Waals surface area contributed by atoms with Crippen LogP contribution in [0.25, 0.3) is 0 Å². The summed E-state index contributed by atoms with van der Waals surface area (Å²) < 4.78 is 4.08. The van der Waals surface area contributed by atoms with Gasteiger partial charge in [0.15, 0.2) is 23.0 Å². The Morgan fingerprint density at radius 3 is 2.17 bits per heavy atom. The molecular formula is C2H5IMgO2. The second-order valence-electron chi connectivity index (χ2n) is 0.569. The summed E-state index contributed by atoms with van der Waals surface area (Å²) in [6.07, 6.45) is 0. The Morgan fingerprint density at radius 1 is 2.00 bits per heavy atom. The van der Waals surface area contributed by atoms with E-state index >= 15 is 0 Å². The molecule has 0 bridgehead atoms. The fourth-order valence-corrected chi connectivity index (χ4v) is 0. The van der Waals surface area contributed by atoms with Crippen molar-refractivity contribution in [3.05, 3.63) is 0 Å². The van der Waals surface area contributed by atoms with Crippen molar-refractivity contribution in [2.45, 2.75) is 6.92 Å². The van der Waals surface area contributed by atoms with Gasteiger partial charge in [-0.1, -0.05) is 0 Å². The Morgan fingerprint density at radius 2 is 2.17 bits per heavy atom. The van der Waals surface area contributed by atoms with Gasteiger partial charge in [-0.3, -0.25) is 4.79 Å². The number of hydrogen-bond acceptors (Lipinski definition) is 2. The molecule has 0 aliphatic carbocycles. The van der Waals surface area contributed by atoms with E-state index in [-0.39, 0.29) is 31.9 Å². The first-order valence-corrected chi connectivity index (χ1v) is 1.94. The zero-order valence-electron chi connectivity index (χ0n) is 5.40. The predicted octanol–water partition coefficient (Wildman–Crippen LogP) is 0.744. The molecule has 0 aliphatic heterocycles. The largest absolute Gasteiger partial charge is 2.00 e. The summed E-state index contributed by atoms with van der Waals surface area (Å²) in [7, 11) is 0. The quantitative estimate of drug-likeness (QED) is 0.437. The number of carbonyl (C=O) groups excluding carboxylic acids is 1. The van der Waals surface area contributed by atoms with Crippen molar-refractivity contribution in [2.24, 2.45) is 0 Å². The molecule has 0 saturated heterocycles. The zero-order chi connectivity index (χ0) is 4.28. The smallest absolute Gasteiger partial charge is 1.00 e. The maximum absolute atomic E-state index is 9.58. The van der Waals surface area contributed by atoms with E-state index in [2.05, 4.69) is 3.07 Å². The van der Waals surface area contributed by atoms with Gasteiger partial charge in [-0.25, -0.2) is 0 Å². The van der Waals surface area contributed by atoms with Gasteiger partial charge in [0, 0.05) is 6.92 Å². The first-order chi connectivity index (χ1) is 2.27. The molecule has 4 heteroatoms. The SMILES string of the molecule is CC(=O)OI.[H-].[H-].[Mg+2]. The van der Waals surface area contributed by atoms with Crippen molar-refractivity contribution in [3.63, 3.8) is 0 Å². The van der Waals surface area contributed by atoms with Gasteiger partial charge in [0.2, 0.25) is 0 Å². The molecule has 34 valence electrons. The summed E-state index contributed by atoms with van der Waals surface area (Å²) in [6.45, 7) is 1.35. The Kier molecular flexibility index (Phi) is 10.00. The van der Waals surface area contributed by atoms with Gasteiger partial charge in [-0.15, -0.1) is 0 Å². The first-order valence-electron chi connectivity index (χ1n) is 1.06. The van der Waals surface area contributed by atoms with Gasteiger partial charge >= 0.3 is 29.0 Å². The summed E-state index contributed by atoms with van der Waals surface area (Å²) in [5.41, 5.74) is 0. The van der Waals surface area contributed by atoms with Gasteiger partial charge in [0.1, 0.15) is 0 Å². The van der Waals surface area contributed by atoms with Gasteiger partial charge in [0.05, 0.1) is 0 Å². The standard InChI is InChI=1S/C2H3IO2.Mg.2H/c1-2(4)5-3;;;/h1H3;;;/q;+2;2*-1. The molecule has 0 aromatic heterocycles. The van der Waals surface area contributed by atoms with Crippen molar-refractivity contribution in [2.75, 3.05) is 0 Å². The van der Waals surface area contributed by atoms with Crippen molar-refractivity contribution < 1.29 is 10.7 Å². The van der Waals surface area contributed by atoms with E-state index in [1.165, 1.54) is 29.9 Å². The summed E-state index contributed by atoms with van der Waals surface area (Å²) in [4.78, 5) is 9.58. The molecule has 0 aliphatic rings. The molecule has 0 saturated carbocycles. The predicted molar refractivity (Wildman–Crippen MR) is 33.8 cm³/mol. The van der Waals surface area contributed by atoms with Crippen LogP contribution in [0.2, 0.25) is 0 Å². The average Bonchev–Trinajstić information content (AvgIpc) is 1.38. The van der Waals surface area contributed by atoms with Gasteiger partial charge < -0.3 is 5.92 Å². The molecule has 6 heavy (non-hydrogen) atoms. The first kappa shape index (κ1) is 10.1. The van der Waals surface area contributed by atoms with Crippen molar-refractivity contribution in [1.29, 1.82) is 0 Å². The Hall–Kier alpha value is 0.966. The van der Waals surface area contributed by atoms with E-state index < -0.39 is 0 Å². The monoisotopic (exact) mass is 212 g/mol. The average molecular weight is 212 g/mol. The van der Waals surface area contributed by atoms with E-state index in [9.17, 15) is 4.79 Å².